The molecule has 0 heterocycles. The molecule has 0 saturated carbocycles. The lowest BCUT2D eigenvalue weighted by Crippen LogP contribution is -2.42. The average Bonchev–Trinajstić information content (AvgIpc) is 3.12. The molecule has 0 radical (unpaired) electrons. The Kier molecular flexibility index (Phi) is 6.43. The van der Waals surface area contributed by atoms with Crippen LogP contribution < -0.4 is 4.90 Å². The van der Waals surface area contributed by atoms with Crippen LogP contribution in [0.2, 0.25) is 5.02 Å². The van der Waals surface area contributed by atoms with Crippen molar-refractivity contribution in [3.63, 3.8) is 0 Å². The molecule has 1 aliphatic carbocycles. The van der Waals surface area contributed by atoms with E-state index in [4.69, 9.17) is 16.3 Å². The van der Waals surface area contributed by atoms with Crippen molar-refractivity contribution in [2.45, 2.75) is 32.7 Å². The number of anilines is 1. The predicted octanol–water partition coefficient (Wildman–Crippen LogP) is 6.84. The molecule has 0 aliphatic heterocycles. The van der Waals surface area contributed by atoms with Gasteiger partial charge in [-0.25, -0.2) is 9.59 Å². The molecule has 4 rings (SSSR count). The van der Waals surface area contributed by atoms with Gasteiger partial charge in [0.15, 0.2) is 0 Å². The Bertz CT molecular complexity index is 1160. The first-order valence-electron chi connectivity index (χ1n) is 11.0. The highest BCUT2D eigenvalue weighted by molar-refractivity contribution is 6.33. The number of aromatic carboxylic acids is 1. The summed E-state index contributed by atoms with van der Waals surface area (Å²) >= 11 is 6.05. The van der Waals surface area contributed by atoms with Crippen molar-refractivity contribution in [3.8, 4) is 11.1 Å². The van der Waals surface area contributed by atoms with Crippen LogP contribution in [0.25, 0.3) is 11.1 Å². The lowest BCUT2D eigenvalue weighted by Gasteiger charge is -2.32. The molecule has 170 valence electrons. The minimum Gasteiger partial charge on any atom is -0.478 e. The molecule has 1 atom stereocenters. The van der Waals surface area contributed by atoms with Gasteiger partial charge in [0.25, 0.3) is 0 Å². The number of hydrogen-bond donors (Lipinski definition) is 1. The van der Waals surface area contributed by atoms with Crippen molar-refractivity contribution < 1.29 is 19.4 Å². The van der Waals surface area contributed by atoms with Crippen LogP contribution in [-0.2, 0) is 4.74 Å². The molecule has 5 nitrogen and oxygen atoms in total. The Balaban J connectivity index is 1.63. The van der Waals surface area contributed by atoms with E-state index in [9.17, 15) is 14.7 Å². The van der Waals surface area contributed by atoms with E-state index in [0.717, 1.165) is 22.3 Å². The Morgan fingerprint density at radius 3 is 2.09 bits per heavy atom. The number of carboxylic acids is 1. The molecular weight excluding hydrogens is 438 g/mol. The summed E-state index contributed by atoms with van der Waals surface area (Å²) < 4.78 is 5.86. The Hall–Kier alpha value is -3.31. The fourth-order valence-corrected chi connectivity index (χ4v) is 4.49. The highest BCUT2D eigenvalue weighted by atomic mass is 35.5. The molecule has 0 aromatic heterocycles. The number of carbonyl (C=O) groups excluding carboxylic acids is 1. The Morgan fingerprint density at radius 1 is 0.970 bits per heavy atom. The topological polar surface area (TPSA) is 66.8 Å². The molecule has 33 heavy (non-hydrogen) atoms. The van der Waals surface area contributed by atoms with E-state index >= 15 is 0 Å². The fraction of sp³-hybridized carbons (Fsp3) is 0.259. The number of amides is 1. The number of carboxylic acid groups (broad SMARTS) is 1. The van der Waals surface area contributed by atoms with Crippen molar-refractivity contribution in [1.29, 1.82) is 0 Å². The fourth-order valence-electron chi connectivity index (χ4n) is 4.30. The smallest absolute Gasteiger partial charge is 0.414 e. The van der Waals surface area contributed by atoms with E-state index in [1.165, 1.54) is 17.0 Å². The van der Waals surface area contributed by atoms with Gasteiger partial charge in [-0.3, -0.25) is 4.90 Å². The first-order valence-corrected chi connectivity index (χ1v) is 11.3. The number of fused-ring (bicyclic) bond motifs is 3. The van der Waals surface area contributed by atoms with E-state index in [-0.39, 0.29) is 35.1 Å². The van der Waals surface area contributed by atoms with Crippen LogP contribution in [0, 0.1) is 5.92 Å². The van der Waals surface area contributed by atoms with E-state index < -0.39 is 12.1 Å². The Labute approximate surface area is 198 Å². The number of ether oxygens (including phenoxy) is 1. The van der Waals surface area contributed by atoms with Crippen molar-refractivity contribution in [2.24, 2.45) is 5.92 Å². The van der Waals surface area contributed by atoms with Crippen LogP contribution >= 0.6 is 11.6 Å². The number of benzene rings is 3. The summed E-state index contributed by atoms with van der Waals surface area (Å²) in [4.78, 5) is 26.5. The molecule has 1 N–H and O–H groups in total. The third-order valence-corrected chi connectivity index (χ3v) is 6.69. The van der Waals surface area contributed by atoms with Gasteiger partial charge in [-0.05, 0) is 53.3 Å². The minimum absolute atomic E-state index is 0.0541. The second-order valence-corrected chi connectivity index (χ2v) is 9.04. The molecule has 3 aromatic rings. The zero-order chi connectivity index (χ0) is 23.7. The third kappa shape index (κ3) is 4.33. The van der Waals surface area contributed by atoms with Crippen LogP contribution in [0.3, 0.4) is 0 Å². The van der Waals surface area contributed by atoms with Gasteiger partial charge in [0.1, 0.15) is 6.61 Å². The van der Waals surface area contributed by atoms with Gasteiger partial charge in [0.2, 0.25) is 0 Å². The molecular formula is C27H26ClNO4. The number of nitrogens with zero attached hydrogens (tertiary/aromatic N) is 1. The lowest BCUT2D eigenvalue weighted by molar-refractivity contribution is 0.0697. The largest absolute Gasteiger partial charge is 0.478 e. The third-order valence-electron chi connectivity index (χ3n) is 6.36. The molecule has 1 aliphatic rings. The van der Waals surface area contributed by atoms with Crippen molar-refractivity contribution in [3.05, 3.63) is 88.4 Å². The Morgan fingerprint density at radius 2 is 1.55 bits per heavy atom. The minimum atomic E-state index is -1.15. The van der Waals surface area contributed by atoms with Gasteiger partial charge in [0.05, 0.1) is 10.6 Å². The normalized spacial score (nSPS) is 13.4. The van der Waals surface area contributed by atoms with Crippen LogP contribution in [0.1, 0.15) is 48.2 Å². The standard InChI is InChI=1S/C27H26ClNO4/c1-16(2)17(3)29(18-12-13-25(28)23(14-18)26(30)31)27(32)33-15-24-21-10-6-4-8-19(21)20-9-5-7-11-22(20)24/h4-14,16-17,24H,15H2,1-3H3,(H,30,31). The van der Waals surface area contributed by atoms with Gasteiger partial charge in [-0.2, -0.15) is 0 Å². The monoisotopic (exact) mass is 463 g/mol. The molecule has 0 fully saturated rings. The van der Waals surface area contributed by atoms with E-state index in [1.807, 2.05) is 45.0 Å². The number of rotatable bonds is 6. The van der Waals surface area contributed by atoms with Crippen molar-refractivity contribution >= 4 is 29.4 Å². The summed E-state index contributed by atoms with van der Waals surface area (Å²) in [5, 5.41) is 9.59. The van der Waals surface area contributed by atoms with Crippen molar-refractivity contribution in [2.75, 3.05) is 11.5 Å². The second kappa shape index (κ2) is 9.28. The molecule has 0 spiro atoms. The van der Waals surface area contributed by atoms with E-state index in [0.29, 0.717) is 5.69 Å². The summed E-state index contributed by atoms with van der Waals surface area (Å²) in [5.41, 5.74) is 4.97. The van der Waals surface area contributed by atoms with Gasteiger partial charge in [0, 0.05) is 17.6 Å². The molecule has 3 aromatic carbocycles. The lowest BCUT2D eigenvalue weighted by atomic mass is 9.98. The average molecular weight is 464 g/mol. The van der Waals surface area contributed by atoms with Crippen LogP contribution in [0.15, 0.2) is 66.7 Å². The van der Waals surface area contributed by atoms with Crippen LogP contribution in [0.5, 0.6) is 0 Å². The van der Waals surface area contributed by atoms with Gasteiger partial charge < -0.3 is 9.84 Å². The molecule has 1 unspecified atom stereocenters. The molecule has 1 amide bonds. The van der Waals surface area contributed by atoms with Crippen LogP contribution in [-0.4, -0.2) is 29.8 Å². The highest BCUT2D eigenvalue weighted by Crippen LogP contribution is 2.44. The summed E-state index contributed by atoms with van der Waals surface area (Å²) in [6, 6.07) is 20.7. The van der Waals surface area contributed by atoms with Crippen molar-refractivity contribution in [1.82, 2.24) is 0 Å². The summed E-state index contributed by atoms with van der Waals surface area (Å²) in [6.45, 7) is 6.11. The first kappa shape index (κ1) is 22.9. The first-order chi connectivity index (χ1) is 15.8. The van der Waals surface area contributed by atoms with Gasteiger partial charge in [-0.15, -0.1) is 0 Å². The quantitative estimate of drug-likeness (QED) is 0.434. The number of carbonyl (C=O) groups is 2. The number of halogens is 1. The van der Waals surface area contributed by atoms with Crippen LogP contribution in [0.4, 0.5) is 10.5 Å². The maximum Gasteiger partial charge on any atom is 0.414 e. The molecule has 0 bridgehead atoms. The number of hydrogen-bond acceptors (Lipinski definition) is 3. The zero-order valence-electron chi connectivity index (χ0n) is 18.8. The zero-order valence-corrected chi connectivity index (χ0v) is 19.5. The predicted molar refractivity (Wildman–Crippen MR) is 130 cm³/mol. The maximum absolute atomic E-state index is 13.4. The van der Waals surface area contributed by atoms with E-state index in [2.05, 4.69) is 24.3 Å². The summed E-state index contributed by atoms with van der Waals surface area (Å²) in [6.07, 6.45) is -0.517. The summed E-state index contributed by atoms with van der Waals surface area (Å²) in [7, 11) is 0. The van der Waals surface area contributed by atoms with E-state index in [1.54, 1.807) is 6.07 Å². The molecule has 6 heteroatoms. The van der Waals surface area contributed by atoms with Gasteiger partial charge >= 0.3 is 12.1 Å². The molecule has 0 saturated heterocycles. The second-order valence-electron chi connectivity index (χ2n) is 8.63. The van der Waals surface area contributed by atoms with Gasteiger partial charge in [-0.1, -0.05) is 74.0 Å². The SMILES string of the molecule is CC(C)C(C)N(C(=O)OCC1c2ccccc2-c2ccccc21)c1ccc(Cl)c(C(=O)O)c1. The maximum atomic E-state index is 13.4. The summed E-state index contributed by atoms with van der Waals surface area (Å²) in [5.74, 6) is -1.08. The highest BCUT2D eigenvalue weighted by Gasteiger charge is 2.32.